The van der Waals surface area contributed by atoms with Gasteiger partial charge in [-0.05, 0) is 40.8 Å². The largest absolute Gasteiger partial charge is 0.507 e. The van der Waals surface area contributed by atoms with Crippen LogP contribution in [0.2, 0.25) is 0 Å². The molecule has 2 rings (SSSR count). The molecule has 2 N–H and O–H groups in total. The number of carbonyl (C=O) groups is 1. The minimum atomic E-state index is -0.289. The fourth-order valence-electron chi connectivity index (χ4n) is 1.57. The second kappa shape index (κ2) is 5.65. The van der Waals surface area contributed by atoms with E-state index in [4.69, 9.17) is 4.74 Å². The number of phenols is 1. The number of nitrogens with zero attached hydrogens (tertiary/aromatic N) is 1. The molecular weight excluding hydrogens is 335 g/mol. The number of carbonyl (C=O) groups excluding carboxylic acids is 1. The van der Waals surface area contributed by atoms with Crippen molar-refractivity contribution in [2.24, 2.45) is 0 Å². The summed E-state index contributed by atoms with van der Waals surface area (Å²) in [4.78, 5) is 11.9. The van der Waals surface area contributed by atoms with E-state index in [0.717, 1.165) is 3.57 Å². The minimum absolute atomic E-state index is 0.00354. The predicted molar refractivity (Wildman–Crippen MR) is 70.7 cm³/mol. The number of benzene rings is 1. The zero-order valence-corrected chi connectivity index (χ0v) is 11.3. The highest BCUT2D eigenvalue weighted by Gasteiger charge is 2.16. The van der Waals surface area contributed by atoms with E-state index >= 15 is 0 Å². The Bertz CT molecular complexity index is 419. The van der Waals surface area contributed by atoms with Crippen LogP contribution in [0.1, 0.15) is 10.4 Å². The molecule has 92 valence electrons. The predicted octanol–water partition coefficient (Wildman–Crippen LogP) is 0.974. The number of rotatable bonds is 2. The van der Waals surface area contributed by atoms with Crippen molar-refractivity contribution < 1.29 is 14.6 Å². The van der Waals surface area contributed by atoms with E-state index in [-0.39, 0.29) is 11.7 Å². The van der Waals surface area contributed by atoms with Gasteiger partial charge in [-0.1, -0.05) is 0 Å². The van der Waals surface area contributed by atoms with Crippen LogP contribution in [0.3, 0.4) is 0 Å². The van der Waals surface area contributed by atoms with Crippen LogP contribution in [0, 0.1) is 3.57 Å². The number of halogens is 1. The normalized spacial score (nSPS) is 16.8. The first-order valence-electron chi connectivity index (χ1n) is 5.29. The molecule has 0 bridgehead atoms. The number of morpholine rings is 1. The molecule has 1 aromatic carbocycles. The number of aromatic hydroxyl groups is 1. The van der Waals surface area contributed by atoms with Crippen molar-refractivity contribution >= 4 is 28.5 Å². The van der Waals surface area contributed by atoms with E-state index in [0.29, 0.717) is 31.9 Å². The maximum absolute atomic E-state index is 11.9. The van der Waals surface area contributed by atoms with Crippen LogP contribution in [-0.2, 0) is 4.74 Å². The van der Waals surface area contributed by atoms with Gasteiger partial charge in [0.2, 0.25) is 0 Å². The fraction of sp³-hybridized carbons (Fsp3) is 0.364. The average Bonchev–Trinajstić information content (AvgIpc) is 2.33. The third-order valence-corrected chi connectivity index (χ3v) is 3.14. The SMILES string of the molecule is O=C(NN1CCOCC1)c1cc(I)ccc1O. The second-order valence-electron chi connectivity index (χ2n) is 3.70. The molecule has 1 saturated heterocycles. The Labute approximate surface area is 113 Å². The molecule has 1 fully saturated rings. The van der Waals surface area contributed by atoms with Gasteiger partial charge in [0.1, 0.15) is 5.75 Å². The summed E-state index contributed by atoms with van der Waals surface area (Å²) in [7, 11) is 0. The molecule has 1 aliphatic heterocycles. The molecule has 0 atom stereocenters. The van der Waals surface area contributed by atoms with Crippen LogP contribution in [0.15, 0.2) is 18.2 Å². The molecule has 0 saturated carbocycles. The summed E-state index contributed by atoms with van der Waals surface area (Å²) in [6.45, 7) is 2.55. The number of phenolic OH excluding ortho intramolecular Hbond substituents is 1. The van der Waals surface area contributed by atoms with Crippen molar-refractivity contribution in [3.8, 4) is 5.75 Å². The number of amides is 1. The molecule has 1 aliphatic rings. The fourth-order valence-corrected chi connectivity index (χ4v) is 2.06. The number of hydrogen-bond donors (Lipinski definition) is 2. The van der Waals surface area contributed by atoms with Crippen molar-refractivity contribution in [3.05, 3.63) is 27.3 Å². The molecule has 0 radical (unpaired) electrons. The molecule has 0 aliphatic carbocycles. The molecule has 1 amide bonds. The molecule has 0 spiro atoms. The Hall–Kier alpha value is -0.860. The lowest BCUT2D eigenvalue weighted by Crippen LogP contribution is -2.48. The van der Waals surface area contributed by atoms with E-state index in [1.165, 1.54) is 6.07 Å². The van der Waals surface area contributed by atoms with Crippen molar-refractivity contribution in [2.75, 3.05) is 26.3 Å². The van der Waals surface area contributed by atoms with Gasteiger partial charge >= 0.3 is 0 Å². The zero-order valence-electron chi connectivity index (χ0n) is 9.15. The standard InChI is InChI=1S/C11H13IN2O3/c12-8-1-2-10(15)9(7-8)11(16)13-14-3-5-17-6-4-14/h1-2,7,15H,3-6H2,(H,13,16). The number of ether oxygens (including phenoxy) is 1. The Morgan fingerprint density at radius 1 is 1.41 bits per heavy atom. The van der Waals surface area contributed by atoms with Gasteiger partial charge in [0.05, 0.1) is 18.8 Å². The maximum Gasteiger partial charge on any atom is 0.269 e. The van der Waals surface area contributed by atoms with Crippen LogP contribution in [-0.4, -0.2) is 42.3 Å². The van der Waals surface area contributed by atoms with E-state index in [9.17, 15) is 9.90 Å². The summed E-state index contributed by atoms with van der Waals surface area (Å²) >= 11 is 2.10. The van der Waals surface area contributed by atoms with E-state index in [2.05, 4.69) is 28.0 Å². The third kappa shape index (κ3) is 3.30. The highest BCUT2D eigenvalue weighted by molar-refractivity contribution is 14.1. The molecule has 1 aromatic rings. The average molecular weight is 348 g/mol. The molecule has 5 nitrogen and oxygen atoms in total. The van der Waals surface area contributed by atoms with Gasteiger partial charge < -0.3 is 9.84 Å². The molecule has 17 heavy (non-hydrogen) atoms. The quantitative estimate of drug-likeness (QED) is 0.783. The van der Waals surface area contributed by atoms with E-state index < -0.39 is 0 Å². The lowest BCUT2D eigenvalue weighted by Gasteiger charge is -2.27. The second-order valence-corrected chi connectivity index (χ2v) is 4.95. The smallest absolute Gasteiger partial charge is 0.269 e. The van der Waals surface area contributed by atoms with Crippen molar-refractivity contribution in [2.45, 2.75) is 0 Å². The number of hydrazine groups is 1. The highest BCUT2D eigenvalue weighted by Crippen LogP contribution is 2.19. The van der Waals surface area contributed by atoms with Crippen molar-refractivity contribution in [1.82, 2.24) is 10.4 Å². The molecule has 1 heterocycles. The van der Waals surface area contributed by atoms with Gasteiger partial charge in [0, 0.05) is 16.7 Å². The van der Waals surface area contributed by atoms with Gasteiger partial charge in [0.15, 0.2) is 0 Å². The zero-order chi connectivity index (χ0) is 12.3. The Kier molecular flexibility index (Phi) is 4.19. The van der Waals surface area contributed by atoms with Gasteiger partial charge in [-0.15, -0.1) is 0 Å². The lowest BCUT2D eigenvalue weighted by molar-refractivity contribution is 0.0125. The molecular formula is C11H13IN2O3. The number of hydrogen-bond acceptors (Lipinski definition) is 4. The first-order chi connectivity index (χ1) is 8.16. The summed E-state index contributed by atoms with van der Waals surface area (Å²) in [5, 5.41) is 11.4. The Balaban J connectivity index is 2.05. The summed E-state index contributed by atoms with van der Waals surface area (Å²) in [6.07, 6.45) is 0. The summed E-state index contributed by atoms with van der Waals surface area (Å²) < 4.78 is 6.10. The van der Waals surface area contributed by atoms with Crippen molar-refractivity contribution in [3.63, 3.8) is 0 Å². The molecule has 0 unspecified atom stereocenters. The minimum Gasteiger partial charge on any atom is -0.507 e. The van der Waals surface area contributed by atoms with E-state index in [1.807, 2.05) is 0 Å². The maximum atomic E-state index is 11.9. The first-order valence-corrected chi connectivity index (χ1v) is 6.37. The van der Waals surface area contributed by atoms with Crippen LogP contribution in [0.4, 0.5) is 0 Å². The Morgan fingerprint density at radius 2 is 2.12 bits per heavy atom. The third-order valence-electron chi connectivity index (χ3n) is 2.47. The van der Waals surface area contributed by atoms with Gasteiger partial charge in [-0.25, -0.2) is 5.01 Å². The number of nitrogens with one attached hydrogen (secondary N) is 1. The van der Waals surface area contributed by atoms with Crippen LogP contribution in [0.5, 0.6) is 5.75 Å². The van der Waals surface area contributed by atoms with Crippen LogP contribution in [0.25, 0.3) is 0 Å². The molecule has 0 aromatic heterocycles. The summed E-state index contributed by atoms with van der Waals surface area (Å²) in [5.41, 5.74) is 3.05. The first kappa shape index (κ1) is 12.6. The van der Waals surface area contributed by atoms with Crippen LogP contribution < -0.4 is 5.43 Å². The van der Waals surface area contributed by atoms with Gasteiger partial charge in [-0.3, -0.25) is 10.2 Å². The van der Waals surface area contributed by atoms with Crippen LogP contribution >= 0.6 is 22.6 Å². The topological polar surface area (TPSA) is 61.8 Å². The highest BCUT2D eigenvalue weighted by atomic mass is 127. The Morgan fingerprint density at radius 3 is 2.82 bits per heavy atom. The monoisotopic (exact) mass is 348 g/mol. The molecule has 6 heteroatoms. The van der Waals surface area contributed by atoms with E-state index in [1.54, 1.807) is 17.1 Å². The summed E-state index contributed by atoms with van der Waals surface area (Å²) in [6, 6.07) is 4.93. The van der Waals surface area contributed by atoms with Gasteiger partial charge in [-0.2, -0.15) is 0 Å². The van der Waals surface area contributed by atoms with Crippen molar-refractivity contribution in [1.29, 1.82) is 0 Å². The lowest BCUT2D eigenvalue weighted by atomic mass is 10.2. The summed E-state index contributed by atoms with van der Waals surface area (Å²) in [5.74, 6) is -0.293. The van der Waals surface area contributed by atoms with Gasteiger partial charge in [0.25, 0.3) is 5.91 Å².